The largest absolute Gasteiger partial charge is 0.361 e. The Kier molecular flexibility index (Phi) is 5.42. The predicted octanol–water partition coefficient (Wildman–Crippen LogP) is 1.61. The molecule has 4 aromatic rings. The molecule has 3 heterocycles. The van der Waals surface area contributed by atoms with Gasteiger partial charge in [-0.2, -0.15) is 5.10 Å². The fraction of sp³-hybridized carbons (Fsp3) is 0.286. The second kappa shape index (κ2) is 8.32. The average Bonchev–Trinajstić information content (AvgIpc) is 3.29. The third-order valence-corrected chi connectivity index (χ3v) is 4.98. The molecule has 9 heteroatoms. The number of nitrogens with one attached hydrogen (secondary N) is 1. The molecule has 0 spiro atoms. The first-order chi connectivity index (χ1) is 14.5. The molecule has 0 bridgehead atoms. The third kappa shape index (κ3) is 4.00. The van der Waals surface area contributed by atoms with E-state index in [2.05, 4.69) is 20.6 Å². The van der Waals surface area contributed by atoms with E-state index in [1.165, 1.54) is 12.5 Å². The van der Waals surface area contributed by atoms with E-state index in [1.54, 1.807) is 16.2 Å². The van der Waals surface area contributed by atoms with Crippen molar-refractivity contribution in [1.82, 2.24) is 29.8 Å². The van der Waals surface area contributed by atoms with E-state index in [0.29, 0.717) is 36.4 Å². The van der Waals surface area contributed by atoms with Crippen molar-refractivity contribution in [3.63, 3.8) is 0 Å². The zero-order valence-corrected chi connectivity index (χ0v) is 16.8. The monoisotopic (exact) mass is 406 g/mol. The fourth-order valence-electron chi connectivity index (χ4n) is 3.33. The Morgan fingerprint density at radius 1 is 1.20 bits per heavy atom. The summed E-state index contributed by atoms with van der Waals surface area (Å²) in [6.07, 6.45) is 3.27. The smallest absolute Gasteiger partial charge is 0.264 e. The number of fused-ring (bicyclic) bond motifs is 1. The van der Waals surface area contributed by atoms with Crippen LogP contribution in [-0.2, 0) is 24.3 Å². The molecule has 0 aliphatic rings. The van der Waals surface area contributed by atoms with Crippen LogP contribution in [0.2, 0.25) is 0 Å². The number of aromatic nitrogens is 5. The van der Waals surface area contributed by atoms with Crippen LogP contribution in [0.3, 0.4) is 0 Å². The van der Waals surface area contributed by atoms with Gasteiger partial charge in [-0.25, -0.2) is 9.67 Å². The number of carbonyl (C=O) groups is 1. The zero-order chi connectivity index (χ0) is 21.1. The average molecular weight is 406 g/mol. The number of hydrogen-bond donors (Lipinski definition) is 1. The minimum atomic E-state index is -0.141. The summed E-state index contributed by atoms with van der Waals surface area (Å²) in [6, 6.07) is 9.73. The summed E-state index contributed by atoms with van der Waals surface area (Å²) in [7, 11) is 0. The predicted molar refractivity (Wildman–Crippen MR) is 110 cm³/mol. The molecule has 0 atom stereocenters. The molecular formula is C21H22N6O3. The van der Waals surface area contributed by atoms with E-state index in [-0.39, 0.29) is 17.9 Å². The highest BCUT2D eigenvalue weighted by molar-refractivity contribution is 5.79. The lowest BCUT2D eigenvalue weighted by Gasteiger charge is -2.07. The van der Waals surface area contributed by atoms with Gasteiger partial charge in [0.05, 0.1) is 31.4 Å². The van der Waals surface area contributed by atoms with Gasteiger partial charge in [0.2, 0.25) is 5.91 Å². The maximum absolute atomic E-state index is 12.8. The van der Waals surface area contributed by atoms with Crippen molar-refractivity contribution >= 4 is 16.9 Å². The number of carbonyl (C=O) groups excluding carboxylic acids is 1. The second-order valence-electron chi connectivity index (χ2n) is 7.10. The molecule has 0 fully saturated rings. The third-order valence-electron chi connectivity index (χ3n) is 4.98. The summed E-state index contributed by atoms with van der Waals surface area (Å²) in [5.41, 5.74) is 2.91. The highest BCUT2D eigenvalue weighted by Gasteiger charge is 2.14. The van der Waals surface area contributed by atoms with Gasteiger partial charge in [0, 0.05) is 12.1 Å². The Bertz CT molecular complexity index is 1220. The maximum atomic E-state index is 12.8. The number of hydrogen-bond acceptors (Lipinski definition) is 6. The topological polar surface area (TPSA) is 108 Å². The standard InChI is InChI=1S/C21H22N6O3/c1-14-17(15(2)30-25-14)10-19(28)22-8-9-27-20-18(11-24-27)21(29)26(13-23-20)12-16-6-4-3-5-7-16/h3-7,11,13H,8-10,12H2,1-2H3,(H,22,28). The van der Waals surface area contributed by atoms with Crippen LogP contribution in [0, 0.1) is 13.8 Å². The summed E-state index contributed by atoms with van der Waals surface area (Å²) in [5.74, 6) is 0.524. The van der Waals surface area contributed by atoms with Crippen LogP contribution in [0.1, 0.15) is 22.6 Å². The van der Waals surface area contributed by atoms with Crippen molar-refractivity contribution < 1.29 is 9.32 Å². The zero-order valence-electron chi connectivity index (χ0n) is 16.8. The molecule has 1 amide bonds. The van der Waals surface area contributed by atoms with Gasteiger partial charge < -0.3 is 9.84 Å². The fourth-order valence-corrected chi connectivity index (χ4v) is 3.33. The van der Waals surface area contributed by atoms with E-state index >= 15 is 0 Å². The van der Waals surface area contributed by atoms with Crippen LogP contribution in [0.25, 0.3) is 11.0 Å². The van der Waals surface area contributed by atoms with Crippen molar-refractivity contribution in [3.05, 3.63) is 75.8 Å². The summed E-state index contributed by atoms with van der Waals surface area (Å²) in [6.45, 7) is 4.82. The van der Waals surface area contributed by atoms with Gasteiger partial charge in [-0.05, 0) is 19.4 Å². The van der Waals surface area contributed by atoms with Gasteiger partial charge in [-0.15, -0.1) is 0 Å². The molecule has 1 aromatic carbocycles. The first-order valence-electron chi connectivity index (χ1n) is 9.66. The van der Waals surface area contributed by atoms with Gasteiger partial charge in [0.15, 0.2) is 5.65 Å². The summed E-state index contributed by atoms with van der Waals surface area (Å²) >= 11 is 0. The van der Waals surface area contributed by atoms with Crippen LogP contribution in [0.15, 0.2) is 52.2 Å². The van der Waals surface area contributed by atoms with E-state index in [9.17, 15) is 9.59 Å². The Balaban J connectivity index is 1.41. The minimum absolute atomic E-state index is 0.126. The lowest BCUT2D eigenvalue weighted by molar-refractivity contribution is -0.120. The van der Waals surface area contributed by atoms with Gasteiger partial charge in [-0.3, -0.25) is 14.2 Å². The number of aryl methyl sites for hydroxylation is 2. The molecule has 0 aliphatic heterocycles. The molecule has 0 radical (unpaired) electrons. The van der Waals surface area contributed by atoms with Crippen molar-refractivity contribution in [2.24, 2.45) is 0 Å². The van der Waals surface area contributed by atoms with E-state index in [4.69, 9.17) is 4.52 Å². The van der Waals surface area contributed by atoms with Crippen molar-refractivity contribution in [3.8, 4) is 0 Å². The molecule has 1 N–H and O–H groups in total. The number of rotatable bonds is 7. The van der Waals surface area contributed by atoms with Crippen LogP contribution >= 0.6 is 0 Å². The lowest BCUT2D eigenvalue weighted by atomic mass is 10.1. The van der Waals surface area contributed by atoms with Gasteiger partial charge >= 0.3 is 0 Å². The number of benzene rings is 1. The highest BCUT2D eigenvalue weighted by Crippen LogP contribution is 2.12. The SMILES string of the molecule is Cc1noc(C)c1CC(=O)NCCn1ncc2c(=O)n(Cc3ccccc3)cnc21. The summed E-state index contributed by atoms with van der Waals surface area (Å²) in [4.78, 5) is 29.4. The van der Waals surface area contributed by atoms with Gasteiger partial charge in [0.1, 0.15) is 17.5 Å². The van der Waals surface area contributed by atoms with Gasteiger partial charge in [0.25, 0.3) is 5.56 Å². The maximum Gasteiger partial charge on any atom is 0.264 e. The molecule has 3 aromatic heterocycles. The summed E-state index contributed by atoms with van der Waals surface area (Å²) < 4.78 is 8.27. The lowest BCUT2D eigenvalue weighted by Crippen LogP contribution is -2.29. The van der Waals surface area contributed by atoms with Crippen LogP contribution in [0.4, 0.5) is 0 Å². The molecular weight excluding hydrogens is 384 g/mol. The molecule has 0 unspecified atom stereocenters. The van der Waals surface area contributed by atoms with Crippen LogP contribution in [0.5, 0.6) is 0 Å². The van der Waals surface area contributed by atoms with Crippen molar-refractivity contribution in [2.45, 2.75) is 33.4 Å². The minimum Gasteiger partial charge on any atom is -0.361 e. The molecule has 30 heavy (non-hydrogen) atoms. The Morgan fingerprint density at radius 3 is 2.73 bits per heavy atom. The van der Waals surface area contributed by atoms with E-state index in [1.807, 2.05) is 37.3 Å². The molecule has 0 aliphatic carbocycles. The molecule has 0 saturated carbocycles. The van der Waals surface area contributed by atoms with E-state index < -0.39 is 0 Å². The van der Waals surface area contributed by atoms with Gasteiger partial charge in [-0.1, -0.05) is 35.5 Å². The Hall–Kier alpha value is -3.75. The Labute approximate surface area is 172 Å². The van der Waals surface area contributed by atoms with Crippen LogP contribution < -0.4 is 10.9 Å². The quantitative estimate of drug-likeness (QED) is 0.500. The van der Waals surface area contributed by atoms with Crippen molar-refractivity contribution in [2.75, 3.05) is 6.54 Å². The van der Waals surface area contributed by atoms with Crippen molar-refractivity contribution in [1.29, 1.82) is 0 Å². The van der Waals surface area contributed by atoms with E-state index in [0.717, 1.165) is 16.8 Å². The Morgan fingerprint density at radius 2 is 2.00 bits per heavy atom. The molecule has 4 rings (SSSR count). The highest BCUT2D eigenvalue weighted by atomic mass is 16.5. The molecule has 9 nitrogen and oxygen atoms in total. The number of amides is 1. The second-order valence-corrected chi connectivity index (χ2v) is 7.10. The molecule has 154 valence electrons. The first-order valence-corrected chi connectivity index (χ1v) is 9.66. The number of nitrogens with zero attached hydrogens (tertiary/aromatic N) is 5. The summed E-state index contributed by atoms with van der Waals surface area (Å²) in [5, 5.41) is 11.4. The van der Waals surface area contributed by atoms with Crippen LogP contribution in [-0.4, -0.2) is 36.9 Å². The molecule has 0 saturated heterocycles. The normalized spacial score (nSPS) is 11.1. The first kappa shape index (κ1) is 19.6.